The van der Waals surface area contributed by atoms with E-state index in [9.17, 15) is 14.7 Å². The summed E-state index contributed by atoms with van der Waals surface area (Å²) in [6.07, 6.45) is 5.39. The van der Waals surface area contributed by atoms with Crippen molar-refractivity contribution in [2.75, 3.05) is 13.2 Å². The van der Waals surface area contributed by atoms with Crippen molar-refractivity contribution in [3.63, 3.8) is 0 Å². The van der Waals surface area contributed by atoms with E-state index in [1.54, 1.807) is 38.1 Å². The van der Waals surface area contributed by atoms with Gasteiger partial charge in [0.25, 0.3) is 0 Å². The Bertz CT molecular complexity index is 1200. The van der Waals surface area contributed by atoms with Gasteiger partial charge in [-0.1, -0.05) is 18.2 Å². The first-order valence-corrected chi connectivity index (χ1v) is 13.6. The van der Waals surface area contributed by atoms with Crippen LogP contribution in [0.3, 0.4) is 0 Å². The lowest BCUT2D eigenvalue weighted by atomic mass is 9.90. The zero-order valence-corrected chi connectivity index (χ0v) is 23.2. The van der Waals surface area contributed by atoms with Crippen LogP contribution in [-0.2, 0) is 14.3 Å². The van der Waals surface area contributed by atoms with Crippen molar-refractivity contribution in [2.24, 2.45) is 0 Å². The Morgan fingerprint density at radius 2 is 1.85 bits per heavy atom. The Hall–Kier alpha value is -3.45. The molecule has 0 spiro atoms. The lowest BCUT2D eigenvalue weighted by molar-refractivity contribution is -0.144. The largest absolute Gasteiger partial charge is 0.493 e. The van der Waals surface area contributed by atoms with E-state index in [4.69, 9.17) is 9.47 Å². The highest BCUT2D eigenvalue weighted by Crippen LogP contribution is 2.45. The molecule has 0 aromatic heterocycles. The van der Waals surface area contributed by atoms with Gasteiger partial charge in [0.2, 0.25) is 5.91 Å². The molecule has 1 saturated carbocycles. The molecule has 1 aliphatic carbocycles. The molecule has 39 heavy (non-hydrogen) atoms. The van der Waals surface area contributed by atoms with Crippen LogP contribution < -0.4 is 10.1 Å². The average Bonchev–Trinajstić information content (AvgIpc) is 3.74. The minimum atomic E-state index is -1.32. The smallest absolute Gasteiger partial charge is 0.308 e. The summed E-state index contributed by atoms with van der Waals surface area (Å²) in [6, 6.07) is 6.59. The standard InChI is InChI=1S/C32H40FNO5/c1-6-9-11-27(35)32(37)34-26(19-29(36)38-8-3)25-17-24(16-21(5)31(25)33)30-20(4)15-23(22-12-13-22)18-28(30)39-14-10-7-2/h6-7,15-18,22,26-27,35H,1-2,8-14,19H2,3-5H3,(H,34,37)/t26-,27+/m0/s1. The van der Waals surface area contributed by atoms with Gasteiger partial charge in [-0.2, -0.15) is 0 Å². The monoisotopic (exact) mass is 537 g/mol. The van der Waals surface area contributed by atoms with E-state index >= 15 is 4.39 Å². The summed E-state index contributed by atoms with van der Waals surface area (Å²) in [6.45, 7) is 13.3. The van der Waals surface area contributed by atoms with Crippen LogP contribution in [0.4, 0.5) is 4.39 Å². The maximum absolute atomic E-state index is 15.6. The number of aliphatic hydroxyl groups excluding tert-OH is 1. The van der Waals surface area contributed by atoms with Gasteiger partial charge in [0, 0.05) is 11.1 Å². The number of aryl methyl sites for hydroxylation is 2. The number of hydrogen-bond donors (Lipinski definition) is 2. The van der Waals surface area contributed by atoms with Crippen molar-refractivity contribution >= 4 is 11.9 Å². The van der Waals surface area contributed by atoms with Crippen molar-refractivity contribution in [1.82, 2.24) is 5.32 Å². The van der Waals surface area contributed by atoms with Crippen LogP contribution in [0.15, 0.2) is 49.6 Å². The van der Waals surface area contributed by atoms with Gasteiger partial charge in [-0.05, 0) is 99.2 Å². The molecule has 1 aliphatic rings. The van der Waals surface area contributed by atoms with Crippen LogP contribution in [0.25, 0.3) is 11.1 Å². The Labute approximate surface area is 230 Å². The SMILES string of the molecule is C=CCCOc1cc(C2CC2)cc(C)c1-c1cc(C)c(F)c([C@H](CC(=O)OCC)NC(=O)[C@H](O)CCC=C)c1. The summed E-state index contributed by atoms with van der Waals surface area (Å²) < 4.78 is 26.9. The third-order valence-electron chi connectivity index (χ3n) is 6.84. The number of nitrogens with one attached hydrogen (secondary N) is 1. The van der Waals surface area contributed by atoms with Gasteiger partial charge in [-0.25, -0.2) is 4.39 Å². The number of esters is 1. The normalized spacial score (nSPS) is 14.3. The molecule has 0 radical (unpaired) electrons. The van der Waals surface area contributed by atoms with Crippen LogP contribution in [0.1, 0.15) is 79.7 Å². The Morgan fingerprint density at radius 1 is 1.13 bits per heavy atom. The molecule has 0 aliphatic heterocycles. The van der Waals surface area contributed by atoms with E-state index < -0.39 is 29.8 Å². The topological polar surface area (TPSA) is 84.9 Å². The molecule has 6 nitrogen and oxygen atoms in total. The van der Waals surface area contributed by atoms with Crippen molar-refractivity contribution in [1.29, 1.82) is 0 Å². The van der Waals surface area contributed by atoms with E-state index in [0.29, 0.717) is 42.2 Å². The molecule has 2 aromatic rings. The predicted octanol–water partition coefficient (Wildman–Crippen LogP) is 6.38. The highest BCUT2D eigenvalue weighted by Gasteiger charge is 2.28. The fourth-order valence-corrected chi connectivity index (χ4v) is 4.66. The number of allylic oxidation sites excluding steroid dienone is 1. The maximum Gasteiger partial charge on any atom is 0.308 e. The lowest BCUT2D eigenvalue weighted by Gasteiger charge is -2.23. The Kier molecular flexibility index (Phi) is 10.9. The van der Waals surface area contributed by atoms with Crippen LogP contribution >= 0.6 is 0 Å². The van der Waals surface area contributed by atoms with Crippen molar-refractivity contribution in [3.8, 4) is 16.9 Å². The molecule has 0 saturated heterocycles. The minimum absolute atomic E-state index is 0.144. The summed E-state index contributed by atoms with van der Waals surface area (Å²) in [5.41, 5.74) is 4.28. The van der Waals surface area contributed by atoms with Crippen molar-refractivity contribution in [3.05, 3.63) is 77.6 Å². The molecule has 0 heterocycles. The first-order chi connectivity index (χ1) is 18.7. The van der Waals surface area contributed by atoms with Crippen LogP contribution in [0.2, 0.25) is 0 Å². The number of amides is 1. The summed E-state index contributed by atoms with van der Waals surface area (Å²) in [5, 5.41) is 13.0. The number of carbonyl (C=O) groups is 2. The number of aliphatic hydroxyl groups is 1. The minimum Gasteiger partial charge on any atom is -0.493 e. The molecule has 1 amide bonds. The van der Waals surface area contributed by atoms with Gasteiger partial charge >= 0.3 is 5.97 Å². The van der Waals surface area contributed by atoms with Gasteiger partial charge in [0.1, 0.15) is 17.7 Å². The number of ether oxygens (including phenoxy) is 2. The van der Waals surface area contributed by atoms with Crippen LogP contribution in [-0.4, -0.2) is 36.3 Å². The lowest BCUT2D eigenvalue weighted by Crippen LogP contribution is -2.38. The average molecular weight is 538 g/mol. The fourth-order valence-electron chi connectivity index (χ4n) is 4.66. The van der Waals surface area contributed by atoms with E-state index in [1.807, 2.05) is 6.92 Å². The highest BCUT2D eigenvalue weighted by atomic mass is 19.1. The Balaban J connectivity index is 2.07. The van der Waals surface area contributed by atoms with Crippen LogP contribution in [0, 0.1) is 19.7 Å². The molecule has 0 bridgehead atoms. The van der Waals surface area contributed by atoms with Gasteiger partial charge in [-0.3, -0.25) is 9.59 Å². The molecular formula is C32H40FNO5. The van der Waals surface area contributed by atoms with E-state index in [2.05, 4.69) is 30.6 Å². The highest BCUT2D eigenvalue weighted by molar-refractivity contribution is 5.82. The molecule has 210 valence electrons. The molecule has 2 aromatic carbocycles. The predicted molar refractivity (Wildman–Crippen MR) is 151 cm³/mol. The third-order valence-corrected chi connectivity index (χ3v) is 6.84. The number of carbonyl (C=O) groups excluding carboxylic acids is 2. The second-order valence-electron chi connectivity index (χ2n) is 10.1. The van der Waals surface area contributed by atoms with Gasteiger partial charge < -0.3 is 19.9 Å². The second-order valence-corrected chi connectivity index (χ2v) is 10.1. The zero-order valence-electron chi connectivity index (χ0n) is 23.2. The molecular weight excluding hydrogens is 497 g/mol. The Morgan fingerprint density at radius 3 is 2.49 bits per heavy atom. The number of halogens is 1. The van der Waals surface area contributed by atoms with Gasteiger partial charge in [0.05, 0.1) is 25.7 Å². The van der Waals surface area contributed by atoms with E-state index in [0.717, 1.165) is 24.0 Å². The van der Waals surface area contributed by atoms with Crippen LogP contribution in [0.5, 0.6) is 5.75 Å². The molecule has 1 fully saturated rings. The van der Waals surface area contributed by atoms with Crippen molar-refractivity contribution < 1.29 is 28.6 Å². The second kappa shape index (κ2) is 14.1. The quantitative estimate of drug-likeness (QED) is 0.156. The van der Waals surface area contributed by atoms with E-state index in [-0.39, 0.29) is 25.0 Å². The molecule has 2 atom stereocenters. The van der Waals surface area contributed by atoms with Crippen molar-refractivity contribution in [2.45, 2.75) is 77.4 Å². The maximum atomic E-state index is 15.6. The number of hydrogen-bond acceptors (Lipinski definition) is 5. The summed E-state index contributed by atoms with van der Waals surface area (Å²) in [4.78, 5) is 25.3. The van der Waals surface area contributed by atoms with E-state index in [1.165, 1.54) is 5.56 Å². The summed E-state index contributed by atoms with van der Waals surface area (Å²) in [5.74, 6) is -0.560. The summed E-state index contributed by atoms with van der Waals surface area (Å²) >= 11 is 0. The summed E-state index contributed by atoms with van der Waals surface area (Å²) in [7, 11) is 0. The van der Waals surface area contributed by atoms with Gasteiger partial charge in [0.15, 0.2) is 0 Å². The fraction of sp³-hybridized carbons (Fsp3) is 0.438. The third kappa shape index (κ3) is 8.02. The molecule has 3 rings (SSSR count). The first-order valence-electron chi connectivity index (χ1n) is 13.6. The molecule has 7 heteroatoms. The first kappa shape index (κ1) is 30.1. The molecule has 0 unspecified atom stereocenters. The number of rotatable bonds is 15. The zero-order chi connectivity index (χ0) is 28.5. The molecule has 2 N–H and O–H groups in total. The number of benzene rings is 2. The van der Waals surface area contributed by atoms with Gasteiger partial charge in [-0.15, -0.1) is 13.2 Å².